The van der Waals surface area contributed by atoms with E-state index in [0.29, 0.717) is 47.0 Å². The number of hydrogen-bond donors (Lipinski definition) is 1. The Morgan fingerprint density at radius 2 is 1.78 bits per heavy atom. The third-order valence-electron chi connectivity index (χ3n) is 4.67. The van der Waals surface area contributed by atoms with Crippen LogP contribution >= 0.6 is 0 Å². The van der Waals surface area contributed by atoms with Crippen LogP contribution in [0.15, 0.2) is 28.7 Å². The average molecular weight is 367 g/mol. The molecule has 2 radical (unpaired) electrons. The van der Waals surface area contributed by atoms with E-state index < -0.39 is 0 Å². The summed E-state index contributed by atoms with van der Waals surface area (Å²) in [6.45, 7) is 5.59. The Morgan fingerprint density at radius 3 is 2.41 bits per heavy atom. The summed E-state index contributed by atoms with van der Waals surface area (Å²) >= 11 is 0. The maximum Gasteiger partial charge on any atom is 0.197 e. The van der Waals surface area contributed by atoms with Gasteiger partial charge < -0.3 is 23.6 Å². The lowest BCUT2D eigenvalue weighted by atomic mass is 9.96. The number of aryl methyl sites for hydroxylation is 2. The van der Waals surface area contributed by atoms with Gasteiger partial charge in [-0.1, -0.05) is 0 Å². The van der Waals surface area contributed by atoms with Crippen molar-refractivity contribution in [2.24, 2.45) is 0 Å². The molecular weight excluding hydrogens is 347 g/mol. The Kier molecular flexibility index (Phi) is 5.14. The predicted octanol–water partition coefficient (Wildman–Crippen LogP) is 3.51. The van der Waals surface area contributed by atoms with Crippen LogP contribution in [0.4, 0.5) is 0 Å². The number of carbonyl (C=O) groups excluding carboxylic acids is 1. The van der Waals surface area contributed by atoms with Crippen LogP contribution in [-0.2, 0) is 0 Å². The molecule has 0 spiro atoms. The zero-order valence-corrected chi connectivity index (χ0v) is 15.9. The topological polar surface area (TPSA) is 78.1 Å². The van der Waals surface area contributed by atoms with Gasteiger partial charge in [-0.3, -0.25) is 4.79 Å². The molecule has 0 fully saturated rings. The van der Waals surface area contributed by atoms with Crippen LogP contribution in [0, 0.1) is 20.8 Å². The molecule has 0 aliphatic heterocycles. The van der Waals surface area contributed by atoms with E-state index in [-0.39, 0.29) is 11.5 Å². The summed E-state index contributed by atoms with van der Waals surface area (Å²) in [6, 6.07) is 6.96. The van der Waals surface area contributed by atoms with Crippen LogP contribution in [0.3, 0.4) is 0 Å². The van der Waals surface area contributed by atoms with Crippen LogP contribution < -0.4 is 14.1 Å². The van der Waals surface area contributed by atoms with Gasteiger partial charge in [0.15, 0.2) is 22.9 Å². The molecule has 1 heterocycles. The van der Waals surface area contributed by atoms with Crippen molar-refractivity contribution in [2.45, 2.75) is 20.8 Å². The smallest absolute Gasteiger partial charge is 0.197 e. The van der Waals surface area contributed by atoms with Crippen LogP contribution in [0.5, 0.6) is 17.2 Å². The second-order valence-corrected chi connectivity index (χ2v) is 6.18. The third kappa shape index (κ3) is 3.15. The molecule has 2 aromatic carbocycles. The van der Waals surface area contributed by atoms with Crippen molar-refractivity contribution in [3.63, 3.8) is 0 Å². The molecule has 3 aromatic rings. The Hall–Kier alpha value is -2.93. The molecule has 0 bridgehead atoms. The second kappa shape index (κ2) is 7.36. The number of methoxy groups -OCH3 is 2. The summed E-state index contributed by atoms with van der Waals surface area (Å²) in [5.74, 6) is 1.51. The lowest BCUT2D eigenvalue weighted by Gasteiger charge is -2.17. The van der Waals surface area contributed by atoms with Gasteiger partial charge in [0.2, 0.25) is 0 Å². The molecule has 27 heavy (non-hydrogen) atoms. The molecule has 0 saturated heterocycles. The van der Waals surface area contributed by atoms with Gasteiger partial charge >= 0.3 is 0 Å². The van der Waals surface area contributed by atoms with Crippen molar-refractivity contribution in [1.82, 2.24) is 0 Å². The van der Waals surface area contributed by atoms with E-state index in [1.165, 1.54) is 7.11 Å². The number of ketones is 1. The number of carbonyl (C=O) groups is 1. The second-order valence-electron chi connectivity index (χ2n) is 6.18. The Bertz CT molecular complexity index is 1020. The maximum atomic E-state index is 13.3. The van der Waals surface area contributed by atoms with Gasteiger partial charge in [0.1, 0.15) is 11.5 Å². The molecule has 0 unspecified atom stereocenters. The van der Waals surface area contributed by atoms with Crippen LogP contribution in [0.2, 0.25) is 0 Å². The van der Waals surface area contributed by atoms with E-state index in [2.05, 4.69) is 0 Å². The summed E-state index contributed by atoms with van der Waals surface area (Å²) < 4.78 is 21.6. The molecule has 0 atom stereocenters. The highest BCUT2D eigenvalue weighted by Gasteiger charge is 2.24. The fourth-order valence-electron chi connectivity index (χ4n) is 3.16. The molecular formula is C20H20BO6-. The number of benzene rings is 2. The maximum absolute atomic E-state index is 13.3. The highest BCUT2D eigenvalue weighted by Crippen LogP contribution is 2.40. The largest absolute Gasteiger partial charge is 0.737 e. The van der Waals surface area contributed by atoms with E-state index >= 15 is 0 Å². The molecule has 7 heteroatoms. The normalized spacial score (nSPS) is 10.9. The first-order chi connectivity index (χ1) is 12.9. The van der Waals surface area contributed by atoms with Gasteiger partial charge in [0, 0.05) is 10.9 Å². The third-order valence-corrected chi connectivity index (χ3v) is 4.67. The average Bonchev–Trinajstić information content (AvgIpc) is 3.00. The lowest BCUT2D eigenvalue weighted by molar-refractivity contribution is 0.103. The SMILES string of the molecule is COc1cc(C(=O)c2c(C)oc3c(O[B-]O)c(OC)ccc23)cc(C)c1C. The molecule has 0 aliphatic carbocycles. The van der Waals surface area contributed by atoms with E-state index in [0.717, 1.165) is 11.1 Å². The van der Waals surface area contributed by atoms with Gasteiger partial charge in [-0.05, 0) is 56.2 Å². The molecule has 3 rings (SSSR count). The minimum absolute atomic E-state index is 0.184. The summed E-state index contributed by atoms with van der Waals surface area (Å²) in [5.41, 5.74) is 3.22. The highest BCUT2D eigenvalue weighted by atomic mass is 16.5. The van der Waals surface area contributed by atoms with Crippen molar-refractivity contribution in [3.05, 3.63) is 52.3 Å². The zero-order valence-electron chi connectivity index (χ0n) is 15.9. The number of rotatable bonds is 6. The van der Waals surface area contributed by atoms with Gasteiger partial charge in [-0.25, -0.2) is 0 Å². The minimum Gasteiger partial charge on any atom is -0.737 e. The number of fused-ring (bicyclic) bond motifs is 1. The first-order valence-electron chi connectivity index (χ1n) is 8.35. The van der Waals surface area contributed by atoms with Crippen LogP contribution in [0.1, 0.15) is 32.8 Å². The van der Waals surface area contributed by atoms with E-state index in [9.17, 15) is 4.79 Å². The van der Waals surface area contributed by atoms with Crippen molar-refractivity contribution >= 4 is 24.4 Å². The highest BCUT2D eigenvalue weighted by molar-refractivity contribution is 6.20. The van der Waals surface area contributed by atoms with E-state index in [1.54, 1.807) is 32.2 Å². The monoisotopic (exact) mass is 367 g/mol. The molecule has 6 nitrogen and oxygen atoms in total. The molecule has 0 amide bonds. The summed E-state index contributed by atoms with van der Waals surface area (Å²) in [5, 5.41) is 9.63. The summed E-state index contributed by atoms with van der Waals surface area (Å²) in [4.78, 5) is 13.3. The Labute approximate surface area is 158 Å². The summed E-state index contributed by atoms with van der Waals surface area (Å²) in [7, 11) is 3.61. The standard InChI is InChI=1S/C20H20BO6/c1-10-8-13(9-16(25-5)11(10)2)18(22)17-12(3)26-19-14(17)6-7-15(24-4)20(19)27-21-23/h6-9,23H,1-5H3/q-1. The van der Waals surface area contributed by atoms with Crippen molar-refractivity contribution in [2.75, 3.05) is 14.2 Å². The van der Waals surface area contributed by atoms with E-state index in [1.807, 2.05) is 19.9 Å². The van der Waals surface area contributed by atoms with Gasteiger partial charge in [0.05, 0.1) is 27.5 Å². The predicted molar refractivity (Wildman–Crippen MR) is 102 cm³/mol. The molecule has 0 aliphatic rings. The van der Waals surface area contributed by atoms with Crippen molar-refractivity contribution in [3.8, 4) is 17.2 Å². The zero-order chi connectivity index (χ0) is 19.7. The Balaban J connectivity index is 2.20. The quantitative estimate of drug-likeness (QED) is 0.531. The molecule has 0 saturated carbocycles. The first-order valence-corrected chi connectivity index (χ1v) is 8.35. The van der Waals surface area contributed by atoms with Crippen molar-refractivity contribution in [1.29, 1.82) is 0 Å². The molecule has 1 N–H and O–H groups in total. The fraction of sp³-hybridized carbons (Fsp3) is 0.250. The molecule has 1 aromatic heterocycles. The minimum atomic E-state index is -0.184. The van der Waals surface area contributed by atoms with Crippen LogP contribution in [-0.4, -0.2) is 32.7 Å². The van der Waals surface area contributed by atoms with Crippen molar-refractivity contribution < 1.29 is 28.4 Å². The fourth-order valence-corrected chi connectivity index (χ4v) is 3.16. The summed E-state index contributed by atoms with van der Waals surface area (Å²) in [6.07, 6.45) is 0. The molecule has 140 valence electrons. The first kappa shape index (κ1) is 18.9. The number of ether oxygens (including phenoxy) is 2. The van der Waals surface area contributed by atoms with Crippen LogP contribution in [0.25, 0.3) is 11.0 Å². The lowest BCUT2D eigenvalue weighted by Crippen LogP contribution is -2.05. The van der Waals surface area contributed by atoms with E-state index in [4.69, 9.17) is 23.6 Å². The van der Waals surface area contributed by atoms with Gasteiger partial charge in [-0.2, -0.15) is 0 Å². The van der Waals surface area contributed by atoms with Gasteiger partial charge in [0.25, 0.3) is 0 Å². The van der Waals surface area contributed by atoms with Gasteiger partial charge in [-0.15, -0.1) is 0 Å². The number of hydrogen-bond acceptors (Lipinski definition) is 6. The Morgan fingerprint density at radius 1 is 1.07 bits per heavy atom. The number of furan rings is 1.